The second kappa shape index (κ2) is 7.89. The summed E-state index contributed by atoms with van der Waals surface area (Å²) < 4.78 is 11.1. The zero-order valence-corrected chi connectivity index (χ0v) is 15.4. The van der Waals surface area contributed by atoms with Crippen molar-refractivity contribution < 1.29 is 14.3 Å². The van der Waals surface area contributed by atoms with Crippen LogP contribution in [0.15, 0.2) is 72.8 Å². The van der Waals surface area contributed by atoms with E-state index in [1.54, 1.807) is 7.11 Å². The summed E-state index contributed by atoms with van der Waals surface area (Å²) in [6, 6.07) is 22.8. The van der Waals surface area contributed by atoms with Gasteiger partial charge in [0.25, 0.3) is 0 Å². The number of fused-ring (bicyclic) bond motifs is 2. The molecule has 1 amide bonds. The van der Waals surface area contributed by atoms with Gasteiger partial charge in [0.15, 0.2) is 0 Å². The molecule has 3 aromatic carbocycles. The summed E-state index contributed by atoms with van der Waals surface area (Å²) in [4.78, 5) is 13.0. The number of hydrogen-bond donors (Lipinski definition) is 1. The van der Waals surface area contributed by atoms with Crippen molar-refractivity contribution in [3.8, 4) is 29.1 Å². The summed E-state index contributed by atoms with van der Waals surface area (Å²) in [7, 11) is 1.63. The van der Waals surface area contributed by atoms with Gasteiger partial charge < -0.3 is 14.8 Å². The Morgan fingerprint density at radius 3 is 2.18 bits per heavy atom. The van der Waals surface area contributed by atoms with Crippen LogP contribution in [0.5, 0.6) is 17.2 Å². The smallest absolute Gasteiger partial charge is 0.233 e. The Hall–Kier alpha value is -3.71. The molecule has 0 unspecified atom stereocenters. The van der Waals surface area contributed by atoms with Crippen molar-refractivity contribution in [1.82, 2.24) is 5.32 Å². The van der Waals surface area contributed by atoms with Crippen LogP contribution in [0, 0.1) is 11.8 Å². The largest absolute Gasteiger partial charge is 0.497 e. The fourth-order valence-electron chi connectivity index (χ4n) is 3.25. The summed E-state index contributed by atoms with van der Waals surface area (Å²) in [6.07, 6.45) is 0. The van der Waals surface area contributed by atoms with Crippen LogP contribution in [-0.4, -0.2) is 19.6 Å². The monoisotopic (exact) mass is 369 g/mol. The highest BCUT2D eigenvalue weighted by atomic mass is 16.5. The first-order valence-corrected chi connectivity index (χ1v) is 9.02. The van der Waals surface area contributed by atoms with E-state index >= 15 is 0 Å². The molecule has 4 nitrogen and oxygen atoms in total. The van der Waals surface area contributed by atoms with Crippen LogP contribution < -0.4 is 14.8 Å². The molecular weight excluding hydrogens is 350 g/mol. The third-order valence-corrected chi connectivity index (χ3v) is 4.62. The average Bonchev–Trinajstić information content (AvgIpc) is 2.75. The molecule has 0 radical (unpaired) electrons. The fourth-order valence-corrected chi connectivity index (χ4v) is 3.25. The number of amides is 1. The van der Waals surface area contributed by atoms with Crippen molar-refractivity contribution in [3.63, 3.8) is 0 Å². The van der Waals surface area contributed by atoms with Gasteiger partial charge in [0.05, 0.1) is 19.6 Å². The molecule has 138 valence electrons. The van der Waals surface area contributed by atoms with Crippen molar-refractivity contribution in [2.75, 3.05) is 13.7 Å². The number of nitrogens with one attached hydrogen (secondary N) is 1. The molecule has 1 heterocycles. The summed E-state index contributed by atoms with van der Waals surface area (Å²) in [5, 5.41) is 2.93. The van der Waals surface area contributed by atoms with E-state index in [-0.39, 0.29) is 12.5 Å². The SMILES string of the molecule is COc1ccc(C#CCNC(=O)C2c3ccccc3Oc3ccccc32)cc1. The summed E-state index contributed by atoms with van der Waals surface area (Å²) in [6.45, 7) is 0.270. The highest BCUT2D eigenvalue weighted by Crippen LogP contribution is 2.43. The lowest BCUT2D eigenvalue weighted by atomic mass is 9.87. The molecule has 3 aromatic rings. The van der Waals surface area contributed by atoms with Crippen molar-refractivity contribution in [3.05, 3.63) is 89.5 Å². The van der Waals surface area contributed by atoms with Gasteiger partial charge in [-0.1, -0.05) is 48.2 Å². The molecule has 1 N–H and O–H groups in total. The molecule has 0 fully saturated rings. The number of benzene rings is 3. The molecule has 0 aromatic heterocycles. The highest BCUT2D eigenvalue weighted by molar-refractivity contribution is 5.89. The maximum atomic E-state index is 13.0. The average molecular weight is 369 g/mol. The molecule has 4 rings (SSSR count). The lowest BCUT2D eigenvalue weighted by Crippen LogP contribution is -2.31. The van der Waals surface area contributed by atoms with E-state index in [0.29, 0.717) is 11.5 Å². The number of rotatable bonds is 3. The zero-order valence-electron chi connectivity index (χ0n) is 15.4. The van der Waals surface area contributed by atoms with E-state index in [0.717, 1.165) is 22.4 Å². The Kier molecular flexibility index (Phi) is 4.99. The molecule has 1 aliphatic heterocycles. The standard InChI is InChI=1S/C24H19NO3/c1-27-18-14-12-17(13-15-18)7-6-16-25-24(26)23-19-8-2-4-10-21(19)28-22-11-5-3-9-20(22)23/h2-5,8-15,23H,16H2,1H3,(H,25,26). The number of carbonyl (C=O) groups excluding carboxylic acids is 1. The normalized spacial score (nSPS) is 11.9. The zero-order chi connectivity index (χ0) is 19.3. The van der Waals surface area contributed by atoms with E-state index in [1.807, 2.05) is 72.8 Å². The van der Waals surface area contributed by atoms with Crippen LogP contribution in [-0.2, 0) is 4.79 Å². The van der Waals surface area contributed by atoms with Crippen LogP contribution in [0.4, 0.5) is 0 Å². The van der Waals surface area contributed by atoms with Gasteiger partial charge in [-0.15, -0.1) is 0 Å². The van der Waals surface area contributed by atoms with Crippen molar-refractivity contribution in [1.29, 1.82) is 0 Å². The van der Waals surface area contributed by atoms with Crippen LogP contribution in [0.1, 0.15) is 22.6 Å². The van der Waals surface area contributed by atoms with Gasteiger partial charge in [-0.05, 0) is 36.4 Å². The minimum absolute atomic E-state index is 0.0905. The van der Waals surface area contributed by atoms with E-state index in [2.05, 4.69) is 17.2 Å². The quantitative estimate of drug-likeness (QED) is 0.707. The van der Waals surface area contributed by atoms with Crippen molar-refractivity contribution in [2.24, 2.45) is 0 Å². The van der Waals surface area contributed by atoms with Gasteiger partial charge in [-0.2, -0.15) is 0 Å². The number of ether oxygens (including phenoxy) is 2. The Labute approximate surface area is 164 Å². The van der Waals surface area contributed by atoms with Crippen molar-refractivity contribution >= 4 is 5.91 Å². The highest BCUT2D eigenvalue weighted by Gasteiger charge is 2.31. The van der Waals surface area contributed by atoms with Crippen LogP contribution in [0.3, 0.4) is 0 Å². The third-order valence-electron chi connectivity index (χ3n) is 4.62. The third kappa shape index (κ3) is 3.56. The maximum Gasteiger partial charge on any atom is 0.233 e. The maximum absolute atomic E-state index is 13.0. The van der Waals surface area contributed by atoms with Gasteiger partial charge in [0.1, 0.15) is 17.2 Å². The predicted octanol–water partition coefficient (Wildman–Crippen LogP) is 4.10. The number of methoxy groups -OCH3 is 1. The molecule has 4 heteroatoms. The van der Waals surface area contributed by atoms with Gasteiger partial charge in [0.2, 0.25) is 5.91 Å². The molecular formula is C24H19NO3. The molecule has 0 saturated heterocycles. The molecule has 1 aliphatic rings. The van der Waals surface area contributed by atoms with Gasteiger partial charge in [0, 0.05) is 16.7 Å². The van der Waals surface area contributed by atoms with Crippen LogP contribution >= 0.6 is 0 Å². The summed E-state index contributed by atoms with van der Waals surface area (Å²) in [5.41, 5.74) is 2.60. The Bertz CT molecular complexity index is 1020. The molecule has 0 atom stereocenters. The Morgan fingerprint density at radius 2 is 1.57 bits per heavy atom. The number of para-hydroxylation sites is 2. The van der Waals surface area contributed by atoms with Crippen LogP contribution in [0.25, 0.3) is 0 Å². The lowest BCUT2D eigenvalue weighted by molar-refractivity contribution is -0.121. The Morgan fingerprint density at radius 1 is 0.964 bits per heavy atom. The minimum Gasteiger partial charge on any atom is -0.497 e. The molecule has 0 saturated carbocycles. The molecule has 28 heavy (non-hydrogen) atoms. The van der Waals surface area contributed by atoms with Crippen molar-refractivity contribution in [2.45, 2.75) is 5.92 Å². The van der Waals surface area contributed by atoms with Crippen LogP contribution in [0.2, 0.25) is 0 Å². The molecule has 0 aliphatic carbocycles. The lowest BCUT2D eigenvalue weighted by Gasteiger charge is -2.27. The topological polar surface area (TPSA) is 47.6 Å². The number of carbonyl (C=O) groups is 1. The van der Waals surface area contributed by atoms with E-state index in [9.17, 15) is 4.79 Å². The van der Waals surface area contributed by atoms with E-state index < -0.39 is 5.92 Å². The fraction of sp³-hybridized carbons (Fsp3) is 0.125. The first kappa shape index (κ1) is 17.7. The second-order valence-electron chi connectivity index (χ2n) is 6.36. The minimum atomic E-state index is -0.413. The van der Waals surface area contributed by atoms with Gasteiger partial charge >= 0.3 is 0 Å². The second-order valence-corrected chi connectivity index (χ2v) is 6.36. The van der Waals surface area contributed by atoms with Gasteiger partial charge in [-0.25, -0.2) is 0 Å². The first-order chi connectivity index (χ1) is 13.8. The summed E-state index contributed by atoms with van der Waals surface area (Å²) in [5.74, 6) is 7.76. The predicted molar refractivity (Wildman–Crippen MR) is 108 cm³/mol. The van der Waals surface area contributed by atoms with Gasteiger partial charge in [-0.3, -0.25) is 4.79 Å². The van der Waals surface area contributed by atoms with E-state index in [4.69, 9.17) is 9.47 Å². The first-order valence-electron chi connectivity index (χ1n) is 9.02. The van der Waals surface area contributed by atoms with E-state index in [1.165, 1.54) is 0 Å². The number of hydrogen-bond acceptors (Lipinski definition) is 3. The Balaban J connectivity index is 1.50. The summed E-state index contributed by atoms with van der Waals surface area (Å²) >= 11 is 0. The molecule has 0 bridgehead atoms. The molecule has 0 spiro atoms.